The Morgan fingerprint density at radius 3 is 3.00 bits per heavy atom. The van der Waals surface area contributed by atoms with Crippen LogP contribution >= 0.6 is 0 Å². The second-order valence-corrected chi connectivity index (χ2v) is 1.97. The minimum absolute atomic E-state index is 0.738. The van der Waals surface area contributed by atoms with Gasteiger partial charge in [-0.25, -0.2) is 4.57 Å². The third-order valence-corrected chi connectivity index (χ3v) is 1.26. The highest BCUT2D eigenvalue weighted by Gasteiger charge is 2.07. The standard InChI is InChI=1S/C5H8N4O/c1-8-4-6-9(2)5(8)3-7-10/h3-4H,1-2H3/p+1. The van der Waals surface area contributed by atoms with E-state index in [9.17, 15) is 0 Å². The first-order valence-electron chi connectivity index (χ1n) is 2.80. The highest BCUT2D eigenvalue weighted by molar-refractivity contribution is 5.71. The monoisotopic (exact) mass is 141 g/mol. The van der Waals surface area contributed by atoms with Crippen molar-refractivity contribution in [2.75, 3.05) is 0 Å². The summed E-state index contributed by atoms with van der Waals surface area (Å²) in [6, 6.07) is 0. The molecule has 0 aromatic carbocycles. The van der Waals surface area contributed by atoms with Crippen molar-refractivity contribution in [3.05, 3.63) is 12.2 Å². The summed E-state index contributed by atoms with van der Waals surface area (Å²) < 4.78 is 3.36. The Morgan fingerprint density at radius 1 is 1.90 bits per heavy atom. The third kappa shape index (κ3) is 0.975. The molecular weight excluding hydrogens is 132 g/mol. The molecule has 0 saturated heterocycles. The summed E-state index contributed by atoms with van der Waals surface area (Å²) in [6.45, 7) is 0. The van der Waals surface area contributed by atoms with Crippen molar-refractivity contribution in [3.63, 3.8) is 0 Å². The number of aromatic nitrogens is 3. The molecule has 1 aromatic heterocycles. The van der Waals surface area contributed by atoms with Crippen LogP contribution in [0.15, 0.2) is 11.5 Å². The Hall–Kier alpha value is -1.39. The zero-order valence-corrected chi connectivity index (χ0v) is 5.89. The van der Waals surface area contributed by atoms with Gasteiger partial charge in [0, 0.05) is 5.10 Å². The molecule has 0 bridgehead atoms. The predicted molar refractivity (Wildman–Crippen MR) is 33.8 cm³/mol. The van der Waals surface area contributed by atoms with E-state index in [0.29, 0.717) is 0 Å². The van der Waals surface area contributed by atoms with Crippen LogP contribution in [0.5, 0.6) is 0 Å². The van der Waals surface area contributed by atoms with Gasteiger partial charge in [-0.1, -0.05) is 5.16 Å². The maximum Gasteiger partial charge on any atom is 0.281 e. The van der Waals surface area contributed by atoms with Crippen LogP contribution in [0.3, 0.4) is 0 Å². The normalized spacial score (nSPS) is 11.0. The number of hydrogen-bond acceptors (Lipinski definition) is 3. The Morgan fingerprint density at radius 2 is 2.60 bits per heavy atom. The van der Waals surface area contributed by atoms with Gasteiger partial charge in [0.1, 0.15) is 6.21 Å². The highest BCUT2D eigenvalue weighted by Crippen LogP contribution is 1.80. The maximum atomic E-state index is 8.20. The third-order valence-electron chi connectivity index (χ3n) is 1.26. The molecule has 0 spiro atoms. The zero-order chi connectivity index (χ0) is 7.56. The summed E-state index contributed by atoms with van der Waals surface area (Å²) in [6.07, 6.45) is 2.96. The van der Waals surface area contributed by atoms with Crippen molar-refractivity contribution in [1.82, 2.24) is 9.78 Å². The van der Waals surface area contributed by atoms with Crippen molar-refractivity contribution in [2.45, 2.75) is 0 Å². The van der Waals surface area contributed by atoms with Crippen molar-refractivity contribution < 1.29 is 9.77 Å². The number of hydrogen-bond donors (Lipinski definition) is 1. The van der Waals surface area contributed by atoms with Gasteiger partial charge in [0.15, 0.2) is 0 Å². The molecule has 1 aromatic rings. The van der Waals surface area contributed by atoms with Crippen LogP contribution in [0.25, 0.3) is 0 Å². The van der Waals surface area contributed by atoms with Crippen molar-refractivity contribution in [2.24, 2.45) is 19.3 Å². The molecule has 5 nitrogen and oxygen atoms in total. The first-order valence-corrected chi connectivity index (χ1v) is 2.80. The van der Waals surface area contributed by atoms with Crippen LogP contribution in [0.1, 0.15) is 5.82 Å². The van der Waals surface area contributed by atoms with Crippen LogP contribution in [0.2, 0.25) is 0 Å². The van der Waals surface area contributed by atoms with E-state index in [4.69, 9.17) is 5.21 Å². The highest BCUT2D eigenvalue weighted by atomic mass is 16.4. The fourth-order valence-electron chi connectivity index (χ4n) is 0.728. The number of aryl methyl sites for hydroxylation is 2. The van der Waals surface area contributed by atoms with Gasteiger partial charge in [-0.05, 0) is 0 Å². The Bertz CT molecular complexity index is 233. The van der Waals surface area contributed by atoms with Crippen LogP contribution in [0, 0.1) is 0 Å². The summed E-state index contributed by atoms with van der Waals surface area (Å²) >= 11 is 0. The van der Waals surface area contributed by atoms with Gasteiger partial charge < -0.3 is 5.21 Å². The Balaban J connectivity index is 3.10. The van der Waals surface area contributed by atoms with E-state index in [1.165, 1.54) is 6.21 Å². The van der Waals surface area contributed by atoms with Gasteiger partial charge in [-0.2, -0.15) is 0 Å². The lowest BCUT2D eigenvalue weighted by atomic mass is 10.6. The molecule has 0 radical (unpaired) electrons. The van der Waals surface area contributed by atoms with E-state index in [-0.39, 0.29) is 0 Å². The summed E-state index contributed by atoms with van der Waals surface area (Å²) in [5.41, 5.74) is 0. The van der Waals surface area contributed by atoms with Gasteiger partial charge >= 0.3 is 0 Å². The fraction of sp³-hybridized carbons (Fsp3) is 0.400. The van der Waals surface area contributed by atoms with Crippen molar-refractivity contribution in [1.29, 1.82) is 0 Å². The topological polar surface area (TPSA) is 54.3 Å². The number of nitrogens with zero attached hydrogens (tertiary/aromatic N) is 4. The maximum absolute atomic E-state index is 8.20. The molecular formula is C5H9N4O+. The van der Waals surface area contributed by atoms with Gasteiger partial charge in [0.25, 0.3) is 12.2 Å². The first kappa shape index (κ1) is 6.73. The molecule has 54 valence electrons. The smallest absolute Gasteiger partial charge is 0.281 e. The lowest BCUT2D eigenvalue weighted by Gasteiger charge is -1.84. The van der Waals surface area contributed by atoms with E-state index in [0.717, 1.165) is 5.82 Å². The molecule has 0 amide bonds. The molecule has 0 atom stereocenters. The summed E-state index contributed by atoms with van der Waals surface area (Å²) in [5.74, 6) is 0.738. The largest absolute Gasteiger partial charge is 0.411 e. The van der Waals surface area contributed by atoms with Gasteiger partial charge in [0.05, 0.1) is 14.1 Å². The average molecular weight is 141 g/mol. The van der Waals surface area contributed by atoms with Crippen LogP contribution in [-0.4, -0.2) is 21.2 Å². The summed E-state index contributed by atoms with van der Waals surface area (Å²) in [4.78, 5) is 0. The van der Waals surface area contributed by atoms with E-state index in [1.807, 2.05) is 7.05 Å². The van der Waals surface area contributed by atoms with Gasteiger partial charge in [-0.15, -0.1) is 4.68 Å². The zero-order valence-electron chi connectivity index (χ0n) is 5.89. The van der Waals surface area contributed by atoms with E-state index < -0.39 is 0 Å². The minimum Gasteiger partial charge on any atom is -0.411 e. The molecule has 0 aliphatic rings. The van der Waals surface area contributed by atoms with E-state index in [2.05, 4.69) is 10.3 Å². The van der Waals surface area contributed by atoms with Crippen molar-refractivity contribution in [3.8, 4) is 0 Å². The minimum atomic E-state index is 0.738. The molecule has 0 saturated carbocycles. The molecule has 5 heteroatoms. The molecule has 1 N–H and O–H groups in total. The Labute approximate surface area is 58.2 Å². The van der Waals surface area contributed by atoms with Crippen LogP contribution < -0.4 is 4.57 Å². The van der Waals surface area contributed by atoms with Crippen LogP contribution in [0.4, 0.5) is 0 Å². The molecule has 1 rings (SSSR count). The SMILES string of the molecule is Cn1nc[n+](C)c1C=NO. The fourth-order valence-corrected chi connectivity index (χ4v) is 0.728. The quantitative estimate of drug-likeness (QED) is 0.237. The second-order valence-electron chi connectivity index (χ2n) is 1.97. The lowest BCUT2D eigenvalue weighted by Crippen LogP contribution is -2.31. The van der Waals surface area contributed by atoms with Gasteiger partial charge in [0.2, 0.25) is 0 Å². The predicted octanol–water partition coefficient (Wildman–Crippen LogP) is -0.947. The lowest BCUT2D eigenvalue weighted by molar-refractivity contribution is -0.673. The Kier molecular flexibility index (Phi) is 1.66. The molecule has 1 heterocycles. The summed E-state index contributed by atoms with van der Waals surface area (Å²) in [7, 11) is 3.60. The number of oxime groups is 1. The van der Waals surface area contributed by atoms with E-state index in [1.54, 1.807) is 22.6 Å². The molecule has 0 aliphatic heterocycles. The second kappa shape index (κ2) is 2.47. The summed E-state index contributed by atoms with van der Waals surface area (Å²) in [5, 5.41) is 15.0. The van der Waals surface area contributed by atoms with Crippen molar-refractivity contribution >= 4 is 6.21 Å². The molecule has 0 aliphatic carbocycles. The van der Waals surface area contributed by atoms with Crippen LogP contribution in [-0.2, 0) is 14.1 Å². The first-order chi connectivity index (χ1) is 4.75. The van der Waals surface area contributed by atoms with E-state index >= 15 is 0 Å². The molecule has 10 heavy (non-hydrogen) atoms. The molecule has 0 fully saturated rings. The average Bonchev–Trinajstić information content (AvgIpc) is 2.20. The number of rotatable bonds is 1. The molecule has 0 unspecified atom stereocenters. The van der Waals surface area contributed by atoms with Gasteiger partial charge in [-0.3, -0.25) is 0 Å².